The number of aliphatic hydroxyl groups is 2. The van der Waals surface area contributed by atoms with Crippen LogP contribution in [0.25, 0.3) is 0 Å². The Hall–Kier alpha value is -1.72. The standard InChI is InChI=1S/C13H16O5/c1-7-6-9(8(2)14)4-5-10(7)11(15)12(16)13(17)18-3/h4-6,11-12,15-16H,1-3H3. The summed E-state index contributed by atoms with van der Waals surface area (Å²) in [6, 6.07) is 4.66. The molecular weight excluding hydrogens is 236 g/mol. The van der Waals surface area contributed by atoms with Gasteiger partial charge >= 0.3 is 5.97 Å². The molecule has 2 N–H and O–H groups in total. The van der Waals surface area contributed by atoms with Crippen LogP contribution in [0, 0.1) is 6.92 Å². The number of ether oxygens (including phenoxy) is 1. The number of aryl methyl sites for hydroxylation is 1. The Bertz CT molecular complexity index is 466. The van der Waals surface area contributed by atoms with Crippen molar-refractivity contribution in [3.05, 3.63) is 34.9 Å². The second-order valence-electron chi connectivity index (χ2n) is 4.04. The van der Waals surface area contributed by atoms with Gasteiger partial charge in [0.2, 0.25) is 0 Å². The first-order valence-electron chi connectivity index (χ1n) is 5.44. The van der Waals surface area contributed by atoms with Crippen molar-refractivity contribution in [3.63, 3.8) is 0 Å². The molecule has 1 aromatic rings. The molecule has 0 radical (unpaired) electrons. The Labute approximate surface area is 105 Å². The predicted molar refractivity (Wildman–Crippen MR) is 64.2 cm³/mol. The number of hydrogen-bond acceptors (Lipinski definition) is 5. The van der Waals surface area contributed by atoms with Crippen molar-refractivity contribution in [2.24, 2.45) is 0 Å². The van der Waals surface area contributed by atoms with Gasteiger partial charge in [0.05, 0.1) is 7.11 Å². The Morgan fingerprint density at radius 2 is 1.89 bits per heavy atom. The van der Waals surface area contributed by atoms with Gasteiger partial charge in [-0.05, 0) is 31.0 Å². The predicted octanol–water partition coefficient (Wildman–Crippen LogP) is 0.765. The molecule has 0 aliphatic heterocycles. The van der Waals surface area contributed by atoms with Crippen LogP contribution in [-0.4, -0.2) is 35.2 Å². The van der Waals surface area contributed by atoms with Crippen LogP contribution in [0.3, 0.4) is 0 Å². The minimum absolute atomic E-state index is 0.0901. The first-order valence-corrected chi connectivity index (χ1v) is 5.44. The zero-order chi connectivity index (χ0) is 13.9. The Balaban J connectivity index is 3.03. The highest BCUT2D eigenvalue weighted by Crippen LogP contribution is 2.22. The molecule has 0 aliphatic rings. The molecule has 0 bridgehead atoms. The van der Waals surface area contributed by atoms with Crippen molar-refractivity contribution >= 4 is 11.8 Å². The quantitative estimate of drug-likeness (QED) is 0.610. The highest BCUT2D eigenvalue weighted by atomic mass is 16.5. The molecule has 5 heteroatoms. The smallest absolute Gasteiger partial charge is 0.337 e. The maximum atomic E-state index is 11.2. The molecule has 1 aromatic carbocycles. The molecule has 0 aliphatic carbocycles. The summed E-state index contributed by atoms with van der Waals surface area (Å²) in [4.78, 5) is 22.3. The van der Waals surface area contributed by atoms with Crippen LogP contribution in [0.4, 0.5) is 0 Å². The normalized spacial score (nSPS) is 13.8. The van der Waals surface area contributed by atoms with Crippen LogP contribution in [0.1, 0.15) is 34.5 Å². The number of rotatable bonds is 4. The number of carbonyl (C=O) groups is 2. The van der Waals surface area contributed by atoms with Gasteiger partial charge in [-0.1, -0.05) is 12.1 Å². The van der Waals surface area contributed by atoms with E-state index >= 15 is 0 Å². The third-order valence-corrected chi connectivity index (χ3v) is 2.74. The van der Waals surface area contributed by atoms with Crippen molar-refractivity contribution in [1.29, 1.82) is 0 Å². The largest absolute Gasteiger partial charge is 0.467 e. The lowest BCUT2D eigenvalue weighted by molar-refractivity contribution is -0.156. The monoisotopic (exact) mass is 252 g/mol. The molecule has 1 rings (SSSR count). The Morgan fingerprint density at radius 1 is 1.28 bits per heavy atom. The zero-order valence-electron chi connectivity index (χ0n) is 10.5. The summed E-state index contributed by atoms with van der Waals surface area (Å²) in [6.07, 6.45) is -3.02. The molecule has 2 unspecified atom stereocenters. The van der Waals surface area contributed by atoms with E-state index in [0.29, 0.717) is 16.7 Å². The number of esters is 1. The van der Waals surface area contributed by atoms with Crippen LogP contribution in [-0.2, 0) is 9.53 Å². The number of hydrogen-bond donors (Lipinski definition) is 2. The number of carbonyl (C=O) groups excluding carboxylic acids is 2. The van der Waals surface area contributed by atoms with Gasteiger partial charge in [-0.3, -0.25) is 4.79 Å². The molecule has 18 heavy (non-hydrogen) atoms. The lowest BCUT2D eigenvalue weighted by Crippen LogP contribution is -2.29. The summed E-state index contributed by atoms with van der Waals surface area (Å²) in [6.45, 7) is 3.13. The van der Waals surface area contributed by atoms with E-state index in [1.165, 1.54) is 19.1 Å². The molecule has 0 fully saturated rings. The van der Waals surface area contributed by atoms with E-state index in [9.17, 15) is 19.8 Å². The molecule has 0 saturated carbocycles. The van der Waals surface area contributed by atoms with E-state index in [4.69, 9.17) is 0 Å². The average Bonchev–Trinajstić information content (AvgIpc) is 2.35. The fourth-order valence-electron chi connectivity index (χ4n) is 1.65. The SMILES string of the molecule is COC(=O)C(O)C(O)c1ccc(C(C)=O)cc1C. The summed E-state index contributed by atoms with van der Waals surface area (Å²) in [7, 11) is 1.13. The number of aliphatic hydroxyl groups excluding tert-OH is 2. The van der Waals surface area contributed by atoms with E-state index in [2.05, 4.69) is 4.74 Å². The van der Waals surface area contributed by atoms with Crippen LogP contribution in [0.2, 0.25) is 0 Å². The van der Waals surface area contributed by atoms with Gasteiger partial charge in [0.15, 0.2) is 11.9 Å². The molecule has 0 saturated heterocycles. The summed E-state index contributed by atoms with van der Waals surface area (Å²) in [5.74, 6) is -0.995. The van der Waals surface area contributed by atoms with E-state index in [-0.39, 0.29) is 5.78 Å². The van der Waals surface area contributed by atoms with Crippen LogP contribution in [0.15, 0.2) is 18.2 Å². The van der Waals surface area contributed by atoms with Gasteiger partial charge in [-0.2, -0.15) is 0 Å². The number of benzene rings is 1. The van der Waals surface area contributed by atoms with Crippen LogP contribution < -0.4 is 0 Å². The van der Waals surface area contributed by atoms with Gasteiger partial charge in [-0.25, -0.2) is 4.79 Å². The third kappa shape index (κ3) is 2.94. The molecule has 5 nitrogen and oxygen atoms in total. The van der Waals surface area contributed by atoms with E-state index < -0.39 is 18.2 Å². The topological polar surface area (TPSA) is 83.8 Å². The molecular formula is C13H16O5. The van der Waals surface area contributed by atoms with Gasteiger partial charge in [-0.15, -0.1) is 0 Å². The van der Waals surface area contributed by atoms with Gasteiger partial charge in [0.25, 0.3) is 0 Å². The Kier molecular flexibility index (Phi) is 4.58. The fraction of sp³-hybridized carbons (Fsp3) is 0.385. The average molecular weight is 252 g/mol. The highest BCUT2D eigenvalue weighted by Gasteiger charge is 2.27. The van der Waals surface area contributed by atoms with Crippen molar-refractivity contribution in [3.8, 4) is 0 Å². The zero-order valence-corrected chi connectivity index (χ0v) is 10.5. The van der Waals surface area contributed by atoms with Crippen molar-refractivity contribution in [2.75, 3.05) is 7.11 Å². The first-order chi connectivity index (χ1) is 8.38. The minimum Gasteiger partial charge on any atom is -0.467 e. The van der Waals surface area contributed by atoms with Crippen molar-refractivity contribution in [2.45, 2.75) is 26.1 Å². The number of Topliss-reactive ketones (excluding diaryl/α,β-unsaturated/α-hetero) is 1. The molecule has 0 heterocycles. The van der Waals surface area contributed by atoms with Crippen LogP contribution in [0.5, 0.6) is 0 Å². The number of ketones is 1. The van der Waals surface area contributed by atoms with Gasteiger partial charge < -0.3 is 14.9 Å². The summed E-state index contributed by atoms with van der Waals surface area (Å²) in [5, 5.41) is 19.4. The van der Waals surface area contributed by atoms with Crippen molar-refractivity contribution in [1.82, 2.24) is 0 Å². The molecule has 0 amide bonds. The fourth-order valence-corrected chi connectivity index (χ4v) is 1.65. The molecule has 0 spiro atoms. The maximum Gasteiger partial charge on any atom is 0.337 e. The van der Waals surface area contributed by atoms with E-state index in [1.54, 1.807) is 13.0 Å². The lowest BCUT2D eigenvalue weighted by Gasteiger charge is -2.18. The summed E-state index contributed by atoms with van der Waals surface area (Å²) in [5.41, 5.74) is 1.52. The minimum atomic E-state index is -1.64. The second kappa shape index (κ2) is 5.75. The van der Waals surface area contributed by atoms with Gasteiger partial charge in [0.1, 0.15) is 6.10 Å². The van der Waals surface area contributed by atoms with Crippen LogP contribution >= 0.6 is 0 Å². The molecule has 98 valence electrons. The highest BCUT2D eigenvalue weighted by molar-refractivity contribution is 5.94. The van der Waals surface area contributed by atoms with E-state index in [1.807, 2.05) is 0 Å². The third-order valence-electron chi connectivity index (χ3n) is 2.74. The number of methoxy groups -OCH3 is 1. The second-order valence-corrected chi connectivity index (χ2v) is 4.04. The first kappa shape index (κ1) is 14.3. The van der Waals surface area contributed by atoms with Gasteiger partial charge in [0, 0.05) is 5.56 Å². The maximum absolute atomic E-state index is 11.2. The summed E-state index contributed by atoms with van der Waals surface area (Å²) >= 11 is 0. The summed E-state index contributed by atoms with van der Waals surface area (Å²) < 4.78 is 4.35. The van der Waals surface area contributed by atoms with Crippen molar-refractivity contribution < 1.29 is 24.5 Å². The molecule has 0 aromatic heterocycles. The molecule has 2 atom stereocenters. The Morgan fingerprint density at radius 3 is 2.33 bits per heavy atom. The van der Waals surface area contributed by atoms with E-state index in [0.717, 1.165) is 7.11 Å². The lowest BCUT2D eigenvalue weighted by atomic mass is 9.96.